The molecule has 0 saturated carbocycles. The molecule has 1 aromatic carbocycles. The third-order valence-corrected chi connectivity index (χ3v) is 4.38. The van der Waals surface area contributed by atoms with Crippen molar-refractivity contribution in [2.24, 2.45) is 0 Å². The van der Waals surface area contributed by atoms with Crippen LogP contribution in [0.2, 0.25) is 0 Å². The lowest BCUT2D eigenvalue weighted by Crippen LogP contribution is -2.20. The van der Waals surface area contributed by atoms with Crippen molar-refractivity contribution in [3.05, 3.63) is 39.4 Å². The summed E-state index contributed by atoms with van der Waals surface area (Å²) in [5.41, 5.74) is 8.55. The van der Waals surface area contributed by atoms with Gasteiger partial charge in [-0.25, -0.2) is 0 Å². The van der Waals surface area contributed by atoms with Gasteiger partial charge in [0.15, 0.2) is 0 Å². The molecule has 0 radical (unpaired) electrons. The average Bonchev–Trinajstić information content (AvgIpc) is 3.09. The Hall–Kier alpha value is -2.94. The van der Waals surface area contributed by atoms with Crippen LogP contribution in [0.1, 0.15) is 24.0 Å². The van der Waals surface area contributed by atoms with E-state index < -0.39 is 4.92 Å². The monoisotopic (exact) mass is 358 g/mol. The van der Waals surface area contributed by atoms with Crippen LogP contribution in [-0.2, 0) is 4.74 Å². The standard InChI is InChI=1S/C17H22N6O3/c1-10-5-6-12(8-11(10)2)20-17-21-15(18)14(23(24)25)16(22-17)19-9-13-4-3-7-26-13/h5-6,8,13H,3-4,7,9H2,1-2H3,(H4,18,19,20,21,22)/t13-/m0/s1. The Balaban J connectivity index is 1.85. The zero-order valence-corrected chi connectivity index (χ0v) is 14.8. The molecular formula is C17H22N6O3. The Morgan fingerprint density at radius 2 is 2.15 bits per heavy atom. The largest absolute Gasteiger partial charge is 0.378 e. The zero-order chi connectivity index (χ0) is 18.7. The molecule has 3 rings (SSSR count). The molecular weight excluding hydrogens is 336 g/mol. The summed E-state index contributed by atoms with van der Waals surface area (Å²) in [6, 6.07) is 5.82. The number of rotatable bonds is 6. The molecule has 0 amide bonds. The van der Waals surface area contributed by atoms with Crippen LogP contribution in [0.3, 0.4) is 0 Å². The fraction of sp³-hybridized carbons (Fsp3) is 0.412. The number of aromatic nitrogens is 2. The summed E-state index contributed by atoms with van der Waals surface area (Å²) in [6.07, 6.45) is 1.91. The van der Waals surface area contributed by atoms with Gasteiger partial charge in [-0.05, 0) is 49.9 Å². The van der Waals surface area contributed by atoms with Crippen LogP contribution < -0.4 is 16.4 Å². The molecule has 1 aromatic heterocycles. The minimum atomic E-state index is -0.576. The van der Waals surface area contributed by atoms with Gasteiger partial charge in [-0.2, -0.15) is 9.97 Å². The van der Waals surface area contributed by atoms with E-state index in [0.717, 1.165) is 24.1 Å². The van der Waals surface area contributed by atoms with Crippen LogP contribution in [0, 0.1) is 24.0 Å². The molecule has 0 unspecified atom stereocenters. The minimum absolute atomic E-state index is 0.0157. The van der Waals surface area contributed by atoms with E-state index in [-0.39, 0.29) is 29.4 Å². The number of aryl methyl sites for hydroxylation is 2. The molecule has 1 aliphatic rings. The van der Waals surface area contributed by atoms with Gasteiger partial charge in [0, 0.05) is 18.8 Å². The molecule has 9 nitrogen and oxygen atoms in total. The number of nitrogens with zero attached hydrogens (tertiary/aromatic N) is 3. The smallest absolute Gasteiger partial charge is 0.353 e. The Morgan fingerprint density at radius 1 is 1.35 bits per heavy atom. The van der Waals surface area contributed by atoms with Crippen molar-refractivity contribution >= 4 is 29.0 Å². The highest BCUT2D eigenvalue weighted by atomic mass is 16.6. The van der Waals surface area contributed by atoms with E-state index in [4.69, 9.17) is 10.5 Å². The SMILES string of the molecule is Cc1ccc(Nc2nc(N)c([N+](=O)[O-])c(NC[C@@H]3CCCO3)n2)cc1C. The lowest BCUT2D eigenvalue weighted by molar-refractivity contribution is -0.383. The second-order valence-electron chi connectivity index (χ2n) is 6.33. The molecule has 4 N–H and O–H groups in total. The van der Waals surface area contributed by atoms with Gasteiger partial charge in [0.2, 0.25) is 17.6 Å². The van der Waals surface area contributed by atoms with E-state index in [2.05, 4.69) is 20.6 Å². The van der Waals surface area contributed by atoms with Gasteiger partial charge >= 0.3 is 5.69 Å². The van der Waals surface area contributed by atoms with Gasteiger partial charge in [0.05, 0.1) is 11.0 Å². The maximum Gasteiger partial charge on any atom is 0.353 e. The lowest BCUT2D eigenvalue weighted by Gasteiger charge is -2.13. The first-order valence-corrected chi connectivity index (χ1v) is 8.45. The van der Waals surface area contributed by atoms with Crippen LogP contribution in [0.5, 0.6) is 0 Å². The third-order valence-electron chi connectivity index (χ3n) is 4.38. The van der Waals surface area contributed by atoms with Gasteiger partial charge in [0.1, 0.15) is 0 Å². The summed E-state index contributed by atoms with van der Waals surface area (Å²) in [5.74, 6) is 0.0988. The van der Waals surface area contributed by atoms with Gasteiger partial charge < -0.3 is 21.1 Å². The molecule has 0 aliphatic carbocycles. The van der Waals surface area contributed by atoms with Gasteiger partial charge in [-0.1, -0.05) is 6.07 Å². The second-order valence-corrected chi connectivity index (χ2v) is 6.33. The molecule has 1 atom stereocenters. The van der Waals surface area contributed by atoms with Gasteiger partial charge in [-0.15, -0.1) is 0 Å². The van der Waals surface area contributed by atoms with Crippen molar-refractivity contribution in [3.63, 3.8) is 0 Å². The maximum absolute atomic E-state index is 11.3. The Kier molecular flexibility index (Phi) is 5.17. The summed E-state index contributed by atoms with van der Waals surface area (Å²) in [4.78, 5) is 19.0. The number of nitrogen functional groups attached to an aromatic ring is 1. The summed E-state index contributed by atoms with van der Waals surface area (Å²) < 4.78 is 5.53. The van der Waals surface area contributed by atoms with Gasteiger partial charge in [0.25, 0.3) is 0 Å². The summed E-state index contributed by atoms with van der Waals surface area (Å²) in [7, 11) is 0. The zero-order valence-electron chi connectivity index (χ0n) is 14.8. The predicted molar refractivity (Wildman–Crippen MR) is 99.8 cm³/mol. The minimum Gasteiger partial charge on any atom is -0.378 e. The summed E-state index contributed by atoms with van der Waals surface area (Å²) in [6.45, 7) is 5.16. The maximum atomic E-state index is 11.3. The van der Waals surface area contributed by atoms with Crippen LogP contribution in [0.15, 0.2) is 18.2 Å². The normalized spacial score (nSPS) is 16.5. The number of ether oxygens (including phenoxy) is 1. The molecule has 2 heterocycles. The average molecular weight is 358 g/mol. The van der Waals surface area contributed by atoms with Gasteiger partial charge in [-0.3, -0.25) is 10.1 Å². The van der Waals surface area contributed by atoms with Crippen LogP contribution in [0.4, 0.5) is 29.0 Å². The number of nitro groups is 1. The van der Waals surface area contributed by atoms with E-state index in [1.165, 1.54) is 5.56 Å². The highest BCUT2D eigenvalue weighted by Crippen LogP contribution is 2.30. The molecule has 0 bridgehead atoms. The van der Waals surface area contributed by atoms with E-state index in [1.54, 1.807) is 0 Å². The molecule has 1 fully saturated rings. The number of hydrogen-bond donors (Lipinski definition) is 3. The molecule has 9 heteroatoms. The van der Waals surface area contributed by atoms with Crippen molar-refractivity contribution in [2.75, 3.05) is 29.5 Å². The number of anilines is 4. The second kappa shape index (κ2) is 7.52. The topological polar surface area (TPSA) is 128 Å². The van der Waals surface area contributed by atoms with Crippen LogP contribution in [0.25, 0.3) is 0 Å². The van der Waals surface area contributed by atoms with Crippen molar-refractivity contribution in [3.8, 4) is 0 Å². The van der Waals surface area contributed by atoms with Crippen molar-refractivity contribution < 1.29 is 9.66 Å². The summed E-state index contributed by atoms with van der Waals surface area (Å²) in [5, 5.41) is 17.4. The number of nitrogens with one attached hydrogen (secondary N) is 2. The van der Waals surface area contributed by atoms with E-state index in [1.807, 2.05) is 32.0 Å². The van der Waals surface area contributed by atoms with Crippen LogP contribution >= 0.6 is 0 Å². The first-order chi connectivity index (χ1) is 12.4. The molecule has 2 aromatic rings. The van der Waals surface area contributed by atoms with Crippen molar-refractivity contribution in [1.29, 1.82) is 0 Å². The molecule has 26 heavy (non-hydrogen) atoms. The van der Waals surface area contributed by atoms with E-state index in [9.17, 15) is 10.1 Å². The first kappa shape index (κ1) is 17.9. The molecule has 0 spiro atoms. The highest BCUT2D eigenvalue weighted by molar-refractivity contribution is 5.71. The summed E-state index contributed by atoms with van der Waals surface area (Å²) >= 11 is 0. The molecule has 1 aliphatic heterocycles. The molecule has 1 saturated heterocycles. The predicted octanol–water partition coefficient (Wildman–Crippen LogP) is 2.92. The van der Waals surface area contributed by atoms with Crippen molar-refractivity contribution in [1.82, 2.24) is 9.97 Å². The Labute approximate surface area is 151 Å². The fourth-order valence-corrected chi connectivity index (χ4v) is 2.80. The highest BCUT2D eigenvalue weighted by Gasteiger charge is 2.24. The third kappa shape index (κ3) is 3.99. The lowest BCUT2D eigenvalue weighted by atomic mass is 10.1. The number of hydrogen-bond acceptors (Lipinski definition) is 8. The first-order valence-electron chi connectivity index (χ1n) is 8.45. The Bertz CT molecular complexity index is 820. The number of nitrogens with two attached hydrogens (primary N) is 1. The quantitative estimate of drug-likeness (QED) is 0.531. The molecule has 138 valence electrons. The fourth-order valence-electron chi connectivity index (χ4n) is 2.80. The Morgan fingerprint density at radius 3 is 2.81 bits per heavy atom. The van der Waals surface area contributed by atoms with E-state index in [0.29, 0.717) is 13.2 Å². The van der Waals surface area contributed by atoms with Crippen molar-refractivity contribution in [2.45, 2.75) is 32.8 Å². The van der Waals surface area contributed by atoms with Crippen LogP contribution in [-0.4, -0.2) is 34.1 Å². The van der Waals surface area contributed by atoms with E-state index >= 15 is 0 Å². The number of benzene rings is 1.